The highest BCUT2D eigenvalue weighted by Gasteiger charge is 2.98. The molecule has 1 unspecified atom stereocenters. The van der Waals surface area contributed by atoms with Crippen molar-refractivity contribution in [3.8, 4) is 0 Å². The van der Waals surface area contributed by atoms with Crippen LogP contribution >= 0.6 is 0 Å². The zero-order chi connectivity index (χ0) is 30.9. The summed E-state index contributed by atoms with van der Waals surface area (Å²) < 4.78 is 278. The van der Waals surface area contributed by atoms with E-state index in [0.29, 0.717) is 0 Å². The summed E-state index contributed by atoms with van der Waals surface area (Å²) in [4.78, 5) is 11.1. The smallest absolute Gasteiger partial charge is 0.413 e. The molecule has 2 nitrogen and oxygen atoms in total. The van der Waals surface area contributed by atoms with E-state index >= 15 is 0 Å². The van der Waals surface area contributed by atoms with Crippen LogP contribution in [-0.4, -0.2) is 65.6 Å². The predicted octanol–water partition coefficient (Wildman–Crippen LogP) is 7.34. The molecule has 0 aromatic rings. The molecule has 0 aromatic carbocycles. The molecular formula is C14H5F21O2. The van der Waals surface area contributed by atoms with Crippen molar-refractivity contribution in [2.45, 2.75) is 66.6 Å². The average molecular weight is 604 g/mol. The van der Waals surface area contributed by atoms with E-state index in [2.05, 4.69) is 11.3 Å². The van der Waals surface area contributed by atoms with Crippen molar-refractivity contribution < 1.29 is 102 Å². The monoisotopic (exact) mass is 604 g/mol. The van der Waals surface area contributed by atoms with Gasteiger partial charge in [-0.2, -0.15) is 92.2 Å². The Balaban J connectivity index is 7.63. The second-order valence-corrected chi connectivity index (χ2v) is 6.78. The molecule has 0 bridgehead atoms. The van der Waals surface area contributed by atoms with Crippen molar-refractivity contribution in [3.63, 3.8) is 0 Å². The maximum atomic E-state index is 14.5. The molecule has 37 heavy (non-hydrogen) atoms. The SMILES string of the molecule is C=C(C)C(=O)OC(F)(C(F)(F)C(F)(F)C(F)(F)F)C(F)(F)C(F)(F)C(F)(F)C(F)(F)C(F)(F)C(F)(F)F. The Labute approximate surface area is 188 Å². The molecule has 0 rings (SSSR count). The van der Waals surface area contributed by atoms with Crippen molar-refractivity contribution in [3.05, 3.63) is 12.2 Å². The van der Waals surface area contributed by atoms with Crippen LogP contribution in [0.2, 0.25) is 0 Å². The Morgan fingerprint density at radius 2 is 0.676 bits per heavy atom. The number of carbonyl (C=O) groups excluding carboxylic acids is 1. The van der Waals surface area contributed by atoms with E-state index in [0.717, 1.165) is 0 Å². The molecule has 0 spiro atoms. The lowest BCUT2D eigenvalue weighted by molar-refractivity contribution is -0.488. The molecule has 0 aliphatic carbocycles. The first-order valence-corrected chi connectivity index (χ1v) is 7.93. The maximum absolute atomic E-state index is 14.5. The number of hydrogen-bond acceptors (Lipinski definition) is 2. The van der Waals surface area contributed by atoms with Crippen LogP contribution in [0.25, 0.3) is 0 Å². The molecule has 0 heterocycles. The highest BCUT2D eigenvalue weighted by molar-refractivity contribution is 5.87. The number of rotatable bonds is 9. The molecule has 0 aromatic heterocycles. The van der Waals surface area contributed by atoms with E-state index in [1.165, 1.54) is 0 Å². The van der Waals surface area contributed by atoms with Crippen LogP contribution in [-0.2, 0) is 9.53 Å². The minimum atomic E-state index is -9.20. The first kappa shape index (κ1) is 34.7. The predicted molar refractivity (Wildman–Crippen MR) is 71.5 cm³/mol. The second-order valence-electron chi connectivity index (χ2n) is 6.78. The van der Waals surface area contributed by atoms with Gasteiger partial charge in [-0.15, -0.1) is 0 Å². The minimum absolute atomic E-state index is 0.00568. The average Bonchev–Trinajstić information content (AvgIpc) is 2.64. The summed E-state index contributed by atoms with van der Waals surface area (Å²) in [5, 5.41) is 0. The number of alkyl halides is 21. The van der Waals surface area contributed by atoms with Gasteiger partial charge in [0.25, 0.3) is 0 Å². The fourth-order valence-electron chi connectivity index (χ4n) is 1.89. The largest absolute Gasteiger partial charge is 0.460 e. The van der Waals surface area contributed by atoms with E-state index in [1.807, 2.05) is 0 Å². The van der Waals surface area contributed by atoms with Gasteiger partial charge in [0.1, 0.15) is 0 Å². The Hall–Kier alpha value is -2.26. The summed E-state index contributed by atoms with van der Waals surface area (Å²) in [7, 11) is 0. The quantitative estimate of drug-likeness (QED) is 0.157. The minimum Gasteiger partial charge on any atom is -0.413 e. The van der Waals surface area contributed by atoms with Crippen LogP contribution in [0, 0.1) is 0 Å². The summed E-state index contributed by atoms with van der Waals surface area (Å²) in [5.41, 5.74) is -1.84. The Morgan fingerprint density at radius 3 is 0.946 bits per heavy atom. The fourth-order valence-corrected chi connectivity index (χ4v) is 1.89. The van der Waals surface area contributed by atoms with Gasteiger partial charge in [-0.25, -0.2) is 4.79 Å². The zero-order valence-electron chi connectivity index (χ0n) is 16.5. The highest BCUT2D eigenvalue weighted by atomic mass is 19.4. The van der Waals surface area contributed by atoms with Crippen LogP contribution in [0.1, 0.15) is 6.92 Å². The molecule has 0 aliphatic rings. The van der Waals surface area contributed by atoms with Crippen LogP contribution in [0.15, 0.2) is 12.2 Å². The van der Waals surface area contributed by atoms with Gasteiger partial charge in [0.2, 0.25) is 0 Å². The Morgan fingerprint density at radius 1 is 0.459 bits per heavy atom. The number of hydrogen-bond donors (Lipinski definition) is 0. The van der Waals surface area contributed by atoms with Crippen molar-refractivity contribution in [1.29, 1.82) is 0 Å². The number of halogens is 21. The first-order chi connectivity index (χ1) is 15.6. The van der Waals surface area contributed by atoms with Gasteiger partial charge in [-0.1, -0.05) is 6.58 Å². The molecule has 0 saturated heterocycles. The summed E-state index contributed by atoms with van der Waals surface area (Å²) in [6, 6.07) is 0. The van der Waals surface area contributed by atoms with Crippen LogP contribution in [0.5, 0.6) is 0 Å². The van der Waals surface area contributed by atoms with Gasteiger partial charge in [0.05, 0.1) is 0 Å². The van der Waals surface area contributed by atoms with E-state index < -0.39 is 71.2 Å². The van der Waals surface area contributed by atoms with Crippen LogP contribution < -0.4 is 0 Å². The third-order valence-electron chi connectivity index (χ3n) is 4.07. The summed E-state index contributed by atoms with van der Waals surface area (Å²) in [5.74, 6) is -74.0. The van der Waals surface area contributed by atoms with Crippen LogP contribution in [0.3, 0.4) is 0 Å². The van der Waals surface area contributed by atoms with Gasteiger partial charge in [-0.05, 0) is 6.92 Å². The molecule has 0 fully saturated rings. The zero-order valence-corrected chi connectivity index (χ0v) is 16.5. The lowest BCUT2D eigenvalue weighted by Gasteiger charge is -2.46. The second kappa shape index (κ2) is 8.63. The number of ether oxygens (including phenoxy) is 1. The molecule has 23 heteroatoms. The summed E-state index contributed by atoms with van der Waals surface area (Å²) in [6.07, 6.45) is -16.1. The third kappa shape index (κ3) is 4.42. The molecule has 0 radical (unpaired) electrons. The van der Waals surface area contributed by atoms with Gasteiger partial charge < -0.3 is 4.74 Å². The molecule has 0 aliphatic heterocycles. The van der Waals surface area contributed by atoms with Crippen molar-refractivity contribution in [2.75, 3.05) is 0 Å². The van der Waals surface area contributed by atoms with Crippen molar-refractivity contribution in [2.24, 2.45) is 0 Å². The first-order valence-electron chi connectivity index (χ1n) is 7.93. The van der Waals surface area contributed by atoms with E-state index in [4.69, 9.17) is 0 Å². The molecule has 1 atom stereocenters. The van der Waals surface area contributed by atoms with Crippen molar-refractivity contribution >= 4 is 5.97 Å². The Bertz CT molecular complexity index is 894. The summed E-state index contributed by atoms with van der Waals surface area (Å²) >= 11 is 0. The maximum Gasteiger partial charge on any atom is 0.460 e. The van der Waals surface area contributed by atoms with E-state index in [-0.39, 0.29) is 6.92 Å². The van der Waals surface area contributed by atoms with Gasteiger partial charge >= 0.3 is 65.6 Å². The highest BCUT2D eigenvalue weighted by Crippen LogP contribution is 2.66. The molecule has 0 saturated carbocycles. The Kier molecular flexibility index (Phi) is 8.10. The van der Waals surface area contributed by atoms with Crippen LogP contribution in [0.4, 0.5) is 92.2 Å². The fraction of sp³-hybridized carbons (Fsp3) is 0.786. The normalized spacial score (nSPS) is 17.4. The van der Waals surface area contributed by atoms with E-state index in [1.54, 1.807) is 0 Å². The molecule has 0 N–H and O–H groups in total. The third-order valence-corrected chi connectivity index (χ3v) is 4.07. The molecular weight excluding hydrogens is 599 g/mol. The van der Waals surface area contributed by atoms with Gasteiger partial charge in [0.15, 0.2) is 0 Å². The standard InChI is InChI=1S/C14H5F21O2/c1-3(2)4(36)37-12(29,9(23,24)11(27,28)14(33,34)35)8(21,22)6(17,18)5(15,16)7(19,20)10(25,26)13(30,31)32/h1H2,2H3. The summed E-state index contributed by atoms with van der Waals surface area (Å²) in [6.45, 7) is 2.21. The molecule has 220 valence electrons. The lowest BCUT2D eigenvalue weighted by Crippen LogP contribution is -2.78. The number of esters is 1. The number of carbonyl (C=O) groups is 1. The topological polar surface area (TPSA) is 26.3 Å². The van der Waals surface area contributed by atoms with Gasteiger partial charge in [-0.3, -0.25) is 0 Å². The van der Waals surface area contributed by atoms with Crippen molar-refractivity contribution in [1.82, 2.24) is 0 Å². The molecule has 0 amide bonds. The van der Waals surface area contributed by atoms with Gasteiger partial charge in [0, 0.05) is 5.57 Å². The van der Waals surface area contributed by atoms with E-state index in [9.17, 15) is 97.0 Å². The lowest BCUT2D eigenvalue weighted by atomic mass is 9.86.